The molecule has 2 aliphatic heterocycles. The van der Waals surface area contributed by atoms with Crippen molar-refractivity contribution < 1.29 is 23.7 Å². The second-order valence-corrected chi connectivity index (χ2v) is 8.77. The lowest BCUT2D eigenvalue weighted by atomic mass is 10.1. The van der Waals surface area contributed by atoms with Crippen molar-refractivity contribution in [2.24, 2.45) is 0 Å². The zero-order chi connectivity index (χ0) is 22.2. The molecule has 4 rings (SSSR count). The third-order valence-corrected chi connectivity index (χ3v) is 5.97. The molecule has 174 valence electrons. The highest BCUT2D eigenvalue weighted by Gasteiger charge is 2.33. The average molecular weight is 445 g/mol. The molecule has 0 aliphatic carbocycles. The first-order valence-corrected chi connectivity index (χ1v) is 11.4. The van der Waals surface area contributed by atoms with Gasteiger partial charge in [0.2, 0.25) is 0 Å². The molecule has 32 heavy (non-hydrogen) atoms. The van der Waals surface area contributed by atoms with Gasteiger partial charge in [-0.3, -0.25) is 9.80 Å². The van der Waals surface area contributed by atoms with Crippen molar-refractivity contribution in [2.45, 2.75) is 25.0 Å². The fourth-order valence-electron chi connectivity index (χ4n) is 4.22. The molecule has 2 fully saturated rings. The van der Waals surface area contributed by atoms with Crippen LogP contribution in [0.25, 0.3) is 0 Å². The van der Waals surface area contributed by atoms with Crippen LogP contribution in [-0.4, -0.2) is 79.7 Å². The second kappa shape index (κ2) is 11.1. The van der Waals surface area contributed by atoms with Gasteiger partial charge in [0.05, 0.1) is 13.2 Å². The summed E-state index contributed by atoms with van der Waals surface area (Å²) in [4.78, 5) is 4.61. The van der Waals surface area contributed by atoms with Crippen molar-refractivity contribution in [3.63, 3.8) is 0 Å². The van der Waals surface area contributed by atoms with Gasteiger partial charge in [-0.15, -0.1) is 0 Å². The van der Waals surface area contributed by atoms with Crippen LogP contribution < -0.4 is 9.47 Å². The Bertz CT molecular complexity index is 827. The largest absolute Gasteiger partial charge is 0.492 e. The quantitative estimate of drug-likeness (QED) is 0.642. The van der Waals surface area contributed by atoms with E-state index in [2.05, 4.69) is 21.9 Å². The first-order chi connectivity index (χ1) is 15.6. The zero-order valence-corrected chi connectivity index (χ0v) is 18.5. The minimum Gasteiger partial charge on any atom is -0.492 e. The third kappa shape index (κ3) is 6.90. The van der Waals surface area contributed by atoms with E-state index in [-0.39, 0.29) is 19.0 Å². The van der Waals surface area contributed by atoms with Crippen LogP contribution in [0.3, 0.4) is 0 Å². The fraction of sp³-hybridized carbons (Fsp3) is 0.520. The van der Waals surface area contributed by atoms with Crippen LogP contribution in [0.1, 0.15) is 18.4 Å². The molecule has 0 radical (unpaired) electrons. The molecule has 1 N–H and O–H groups in total. The SMILES string of the molecule is O[C@@]1(COc2ccc(F)cc2)COCCN(Cc2ccc(OCCN3CCCC3)cc2)C1. The molecule has 0 saturated carbocycles. The molecular weight excluding hydrogens is 411 g/mol. The number of hydrogen-bond donors (Lipinski definition) is 1. The van der Waals surface area contributed by atoms with Crippen LogP contribution in [0.5, 0.6) is 11.5 Å². The molecule has 0 spiro atoms. The van der Waals surface area contributed by atoms with E-state index in [1.807, 2.05) is 12.1 Å². The topological polar surface area (TPSA) is 54.4 Å². The Balaban J connectivity index is 1.26. The maximum Gasteiger partial charge on any atom is 0.134 e. The van der Waals surface area contributed by atoms with Gasteiger partial charge in [0.25, 0.3) is 0 Å². The van der Waals surface area contributed by atoms with Crippen molar-refractivity contribution in [1.82, 2.24) is 9.80 Å². The summed E-state index contributed by atoms with van der Waals surface area (Å²) in [6, 6.07) is 14.0. The Morgan fingerprint density at radius 2 is 1.59 bits per heavy atom. The number of ether oxygens (including phenoxy) is 3. The summed E-state index contributed by atoms with van der Waals surface area (Å²) in [7, 11) is 0. The highest BCUT2D eigenvalue weighted by molar-refractivity contribution is 5.27. The molecule has 2 aromatic rings. The number of nitrogens with zero attached hydrogens (tertiary/aromatic N) is 2. The van der Waals surface area contributed by atoms with Crippen molar-refractivity contribution in [3.8, 4) is 11.5 Å². The van der Waals surface area contributed by atoms with Gasteiger partial charge in [-0.05, 0) is 67.9 Å². The normalized spacial score (nSPS) is 22.6. The molecular formula is C25H33FN2O4. The molecule has 0 aromatic heterocycles. The highest BCUT2D eigenvalue weighted by atomic mass is 19.1. The lowest BCUT2D eigenvalue weighted by molar-refractivity contribution is -0.0646. The predicted molar refractivity (Wildman–Crippen MR) is 121 cm³/mol. The molecule has 0 bridgehead atoms. The van der Waals surface area contributed by atoms with Crippen molar-refractivity contribution in [2.75, 3.05) is 59.2 Å². The molecule has 7 heteroatoms. The highest BCUT2D eigenvalue weighted by Crippen LogP contribution is 2.20. The summed E-state index contributed by atoms with van der Waals surface area (Å²) in [5, 5.41) is 11.1. The molecule has 0 unspecified atom stereocenters. The molecule has 2 aliphatic rings. The van der Waals surface area contributed by atoms with E-state index < -0.39 is 5.60 Å². The van der Waals surface area contributed by atoms with E-state index in [4.69, 9.17) is 14.2 Å². The fourth-order valence-corrected chi connectivity index (χ4v) is 4.22. The van der Waals surface area contributed by atoms with Crippen LogP contribution >= 0.6 is 0 Å². The van der Waals surface area contributed by atoms with Crippen molar-refractivity contribution in [1.29, 1.82) is 0 Å². The Kier molecular flexibility index (Phi) is 7.97. The summed E-state index contributed by atoms with van der Waals surface area (Å²) < 4.78 is 30.3. The van der Waals surface area contributed by atoms with Crippen molar-refractivity contribution >= 4 is 0 Å². The summed E-state index contributed by atoms with van der Waals surface area (Å²) in [5.74, 6) is 1.09. The zero-order valence-electron chi connectivity index (χ0n) is 18.5. The van der Waals surface area contributed by atoms with E-state index in [1.165, 1.54) is 38.1 Å². The average Bonchev–Trinajstić information content (AvgIpc) is 3.24. The van der Waals surface area contributed by atoms with Gasteiger partial charge in [0.1, 0.15) is 36.1 Å². The Morgan fingerprint density at radius 1 is 0.906 bits per heavy atom. The van der Waals surface area contributed by atoms with E-state index in [1.54, 1.807) is 12.1 Å². The molecule has 1 atom stereocenters. The van der Waals surface area contributed by atoms with E-state index in [0.29, 0.717) is 32.1 Å². The maximum atomic E-state index is 13.1. The lowest BCUT2D eigenvalue weighted by Crippen LogP contribution is -2.48. The molecule has 2 heterocycles. The van der Waals surface area contributed by atoms with E-state index >= 15 is 0 Å². The van der Waals surface area contributed by atoms with Crippen LogP contribution in [0, 0.1) is 5.82 Å². The van der Waals surface area contributed by atoms with Gasteiger partial charge in [-0.25, -0.2) is 4.39 Å². The number of aliphatic hydroxyl groups is 1. The molecule has 0 amide bonds. The van der Waals surface area contributed by atoms with Gasteiger partial charge in [0, 0.05) is 26.2 Å². The molecule has 2 saturated heterocycles. The third-order valence-electron chi connectivity index (χ3n) is 5.97. The Labute approximate surface area is 189 Å². The number of rotatable bonds is 9. The number of β-amino-alcohol motifs (C(OH)–C–C–N with tert-alkyl or cyclic N) is 1. The first kappa shape index (κ1) is 23.0. The van der Waals surface area contributed by atoms with Crippen LogP contribution in [0.4, 0.5) is 4.39 Å². The predicted octanol–water partition coefficient (Wildman–Crippen LogP) is 2.94. The summed E-state index contributed by atoms with van der Waals surface area (Å²) in [6.45, 7) is 6.76. The van der Waals surface area contributed by atoms with Gasteiger partial charge in [0.15, 0.2) is 0 Å². The van der Waals surface area contributed by atoms with Crippen LogP contribution in [0.2, 0.25) is 0 Å². The first-order valence-electron chi connectivity index (χ1n) is 11.4. The monoisotopic (exact) mass is 444 g/mol. The maximum absolute atomic E-state index is 13.1. The summed E-state index contributed by atoms with van der Waals surface area (Å²) in [6.07, 6.45) is 2.59. The second-order valence-electron chi connectivity index (χ2n) is 8.77. The minimum absolute atomic E-state index is 0.0823. The van der Waals surface area contributed by atoms with Crippen molar-refractivity contribution in [3.05, 3.63) is 59.9 Å². The van der Waals surface area contributed by atoms with Gasteiger partial charge < -0.3 is 19.3 Å². The minimum atomic E-state index is -1.14. The Hall–Kier alpha value is -2.19. The van der Waals surface area contributed by atoms with E-state index in [9.17, 15) is 9.50 Å². The molecule has 2 aromatic carbocycles. The lowest BCUT2D eigenvalue weighted by Gasteiger charge is -2.30. The van der Waals surface area contributed by atoms with Crippen LogP contribution in [-0.2, 0) is 11.3 Å². The van der Waals surface area contributed by atoms with E-state index in [0.717, 1.165) is 24.4 Å². The number of benzene rings is 2. The number of hydrogen-bond acceptors (Lipinski definition) is 6. The Morgan fingerprint density at radius 3 is 2.34 bits per heavy atom. The summed E-state index contributed by atoms with van der Waals surface area (Å²) in [5.41, 5.74) is 0.0179. The van der Waals surface area contributed by atoms with Gasteiger partial charge >= 0.3 is 0 Å². The molecule has 6 nitrogen and oxygen atoms in total. The number of likely N-dealkylation sites (tertiary alicyclic amines) is 1. The van der Waals surface area contributed by atoms with Gasteiger partial charge in [-0.2, -0.15) is 0 Å². The standard InChI is InChI=1S/C25H33FN2O4/c26-22-5-9-24(10-6-22)32-20-25(29)18-28(13-15-30-19-25)17-21-3-7-23(8-4-21)31-16-14-27-11-1-2-12-27/h3-10,29H,1-2,11-20H2/t25-/m1/s1. The van der Waals surface area contributed by atoms with Gasteiger partial charge in [-0.1, -0.05) is 12.1 Å². The van der Waals surface area contributed by atoms with Crippen LogP contribution in [0.15, 0.2) is 48.5 Å². The number of halogens is 1. The summed E-state index contributed by atoms with van der Waals surface area (Å²) >= 11 is 0. The smallest absolute Gasteiger partial charge is 0.134 e.